The fraction of sp³-hybridized carbons (Fsp3) is 0.412. The van der Waals surface area contributed by atoms with Crippen molar-refractivity contribution in [1.82, 2.24) is 9.88 Å². The molecule has 0 radical (unpaired) electrons. The molecule has 0 aliphatic rings. The summed E-state index contributed by atoms with van der Waals surface area (Å²) in [5.41, 5.74) is 1.21. The number of rotatable bonds is 6. The summed E-state index contributed by atoms with van der Waals surface area (Å²) in [4.78, 5) is 11.8. The largest absolute Gasteiger partial charge is 0.462 e. The Kier molecular flexibility index (Phi) is 6.25. The number of carbonyl (C=O) groups is 1. The van der Waals surface area contributed by atoms with E-state index in [4.69, 9.17) is 9.26 Å². The van der Waals surface area contributed by atoms with Gasteiger partial charge in [0.1, 0.15) is 6.26 Å². The lowest BCUT2D eigenvalue weighted by atomic mass is 9.90. The SMILES string of the molecule is CCOC(=O)c1ccc(Br)c(S(=O)(=O)NCc2conc2C(C)(C)C)c1. The molecule has 9 heteroatoms. The number of hydrogen-bond donors (Lipinski definition) is 1. The predicted octanol–water partition coefficient (Wildman–Crippen LogP) is 3.39. The van der Waals surface area contributed by atoms with Crippen LogP contribution in [0.15, 0.2) is 38.4 Å². The smallest absolute Gasteiger partial charge is 0.338 e. The van der Waals surface area contributed by atoms with Crippen molar-refractivity contribution in [1.29, 1.82) is 0 Å². The molecule has 2 rings (SSSR count). The summed E-state index contributed by atoms with van der Waals surface area (Å²) in [6, 6.07) is 4.28. The van der Waals surface area contributed by atoms with E-state index in [1.54, 1.807) is 6.92 Å². The molecular formula is C17H21BrN2O5S. The molecule has 1 N–H and O–H groups in total. The first kappa shape index (κ1) is 20.6. The Labute approximate surface area is 161 Å². The number of ether oxygens (including phenoxy) is 1. The maximum Gasteiger partial charge on any atom is 0.338 e. The molecular weight excluding hydrogens is 424 g/mol. The van der Waals surface area contributed by atoms with E-state index in [9.17, 15) is 13.2 Å². The quantitative estimate of drug-likeness (QED) is 0.685. The van der Waals surface area contributed by atoms with Gasteiger partial charge in [-0.1, -0.05) is 25.9 Å². The molecule has 0 fully saturated rings. The Morgan fingerprint density at radius 2 is 2.04 bits per heavy atom. The lowest BCUT2D eigenvalue weighted by molar-refractivity contribution is 0.0526. The molecule has 26 heavy (non-hydrogen) atoms. The van der Waals surface area contributed by atoms with Gasteiger partial charge in [-0.15, -0.1) is 0 Å². The van der Waals surface area contributed by atoms with Crippen molar-refractivity contribution in [3.63, 3.8) is 0 Å². The van der Waals surface area contributed by atoms with Gasteiger partial charge in [-0.2, -0.15) is 0 Å². The molecule has 0 aliphatic heterocycles. The van der Waals surface area contributed by atoms with Crippen LogP contribution in [0, 0.1) is 0 Å². The lowest BCUT2D eigenvalue weighted by Crippen LogP contribution is -2.25. The summed E-state index contributed by atoms with van der Waals surface area (Å²) in [5.74, 6) is -0.578. The molecule has 1 aromatic carbocycles. The summed E-state index contributed by atoms with van der Waals surface area (Å²) in [7, 11) is -3.87. The number of nitrogens with zero attached hydrogens (tertiary/aromatic N) is 1. The topological polar surface area (TPSA) is 98.5 Å². The molecule has 0 saturated carbocycles. The zero-order chi connectivity index (χ0) is 19.5. The molecule has 0 unspecified atom stereocenters. The third kappa shape index (κ3) is 4.72. The molecule has 1 aromatic heterocycles. The summed E-state index contributed by atoms with van der Waals surface area (Å²) in [5, 5.41) is 3.96. The van der Waals surface area contributed by atoms with Gasteiger partial charge in [0, 0.05) is 22.0 Å². The number of sulfonamides is 1. The minimum atomic E-state index is -3.87. The van der Waals surface area contributed by atoms with Crippen molar-refractivity contribution >= 4 is 31.9 Å². The molecule has 142 valence electrons. The van der Waals surface area contributed by atoms with Gasteiger partial charge in [-0.3, -0.25) is 0 Å². The van der Waals surface area contributed by atoms with Gasteiger partial charge in [0.25, 0.3) is 0 Å². The molecule has 7 nitrogen and oxygen atoms in total. The second kappa shape index (κ2) is 7.89. The highest BCUT2D eigenvalue weighted by molar-refractivity contribution is 9.10. The first-order valence-electron chi connectivity index (χ1n) is 7.96. The number of hydrogen-bond acceptors (Lipinski definition) is 6. The van der Waals surface area contributed by atoms with E-state index < -0.39 is 16.0 Å². The van der Waals surface area contributed by atoms with Crippen molar-refractivity contribution in [2.75, 3.05) is 6.61 Å². The Morgan fingerprint density at radius 1 is 1.35 bits per heavy atom. The number of carbonyl (C=O) groups excluding carboxylic acids is 1. The predicted molar refractivity (Wildman–Crippen MR) is 99.3 cm³/mol. The van der Waals surface area contributed by atoms with E-state index >= 15 is 0 Å². The molecule has 0 bridgehead atoms. The third-order valence-corrected chi connectivity index (χ3v) is 5.93. The first-order chi connectivity index (χ1) is 12.1. The Balaban J connectivity index is 2.27. The number of benzene rings is 1. The van der Waals surface area contributed by atoms with Crippen LogP contribution < -0.4 is 4.72 Å². The number of aromatic nitrogens is 1. The Hall–Kier alpha value is -1.71. The van der Waals surface area contributed by atoms with Gasteiger partial charge in [0.2, 0.25) is 10.0 Å². The van der Waals surface area contributed by atoms with Crippen molar-refractivity contribution in [2.24, 2.45) is 0 Å². The van der Waals surface area contributed by atoms with E-state index in [0.717, 1.165) is 0 Å². The van der Waals surface area contributed by atoms with Crippen LogP contribution in [0.4, 0.5) is 0 Å². The van der Waals surface area contributed by atoms with Gasteiger partial charge in [0.05, 0.1) is 22.8 Å². The zero-order valence-corrected chi connectivity index (χ0v) is 17.4. The van der Waals surface area contributed by atoms with Crippen LogP contribution in [0.2, 0.25) is 0 Å². The highest BCUT2D eigenvalue weighted by Gasteiger charge is 2.25. The van der Waals surface area contributed by atoms with Crippen LogP contribution in [-0.2, 0) is 26.7 Å². The molecule has 0 aliphatic carbocycles. The fourth-order valence-corrected chi connectivity index (χ4v) is 4.30. The Morgan fingerprint density at radius 3 is 2.65 bits per heavy atom. The summed E-state index contributed by atoms with van der Waals surface area (Å²) < 4.78 is 38.2. The average Bonchev–Trinajstić information content (AvgIpc) is 3.02. The maximum atomic E-state index is 12.7. The van der Waals surface area contributed by atoms with Crippen LogP contribution >= 0.6 is 15.9 Å². The first-order valence-corrected chi connectivity index (χ1v) is 10.2. The van der Waals surface area contributed by atoms with Crippen molar-refractivity contribution < 1.29 is 22.5 Å². The van der Waals surface area contributed by atoms with Crippen molar-refractivity contribution in [3.8, 4) is 0 Å². The summed E-state index contributed by atoms with van der Waals surface area (Å²) in [6.45, 7) is 7.79. The number of esters is 1. The molecule has 0 spiro atoms. The summed E-state index contributed by atoms with van der Waals surface area (Å²) >= 11 is 3.22. The van der Waals surface area contributed by atoms with Crippen LogP contribution in [0.5, 0.6) is 0 Å². The van der Waals surface area contributed by atoms with E-state index in [-0.39, 0.29) is 29.0 Å². The maximum absolute atomic E-state index is 12.7. The molecule has 2 aromatic rings. The number of halogens is 1. The molecule has 0 amide bonds. The summed E-state index contributed by atoms with van der Waals surface area (Å²) in [6.07, 6.45) is 1.42. The number of nitrogens with one attached hydrogen (secondary N) is 1. The highest BCUT2D eigenvalue weighted by atomic mass is 79.9. The van der Waals surface area contributed by atoms with Crippen LogP contribution in [0.25, 0.3) is 0 Å². The van der Waals surface area contributed by atoms with Gasteiger partial charge in [-0.05, 0) is 41.1 Å². The second-order valence-corrected chi connectivity index (χ2v) is 9.22. The monoisotopic (exact) mass is 444 g/mol. The van der Waals surface area contributed by atoms with E-state index in [1.165, 1.54) is 24.5 Å². The zero-order valence-electron chi connectivity index (χ0n) is 15.0. The standard InChI is InChI=1S/C17H21BrN2O5S/c1-5-24-16(21)11-6-7-13(18)14(8-11)26(22,23)19-9-12-10-25-20-15(12)17(2,3)4/h6-8,10,19H,5,9H2,1-4H3. The van der Waals surface area contributed by atoms with Crippen molar-refractivity contribution in [2.45, 2.75) is 44.6 Å². The average molecular weight is 445 g/mol. The van der Waals surface area contributed by atoms with Gasteiger partial charge < -0.3 is 9.26 Å². The van der Waals surface area contributed by atoms with E-state index in [0.29, 0.717) is 15.7 Å². The van der Waals surface area contributed by atoms with Crippen LogP contribution in [0.3, 0.4) is 0 Å². The fourth-order valence-electron chi connectivity index (χ4n) is 2.30. The molecule has 1 heterocycles. The lowest BCUT2D eigenvalue weighted by Gasteiger charge is -2.16. The second-order valence-electron chi connectivity index (χ2n) is 6.63. The minimum absolute atomic E-state index is 0.0223. The van der Waals surface area contributed by atoms with Gasteiger partial charge >= 0.3 is 5.97 Å². The Bertz CT molecular complexity index is 900. The normalized spacial score (nSPS) is 12.2. The van der Waals surface area contributed by atoms with Crippen molar-refractivity contribution in [3.05, 3.63) is 45.8 Å². The van der Waals surface area contributed by atoms with E-state index in [2.05, 4.69) is 25.8 Å². The van der Waals surface area contributed by atoms with E-state index in [1.807, 2.05) is 20.8 Å². The minimum Gasteiger partial charge on any atom is -0.462 e. The van der Waals surface area contributed by atoms with Crippen LogP contribution in [-0.4, -0.2) is 26.2 Å². The molecule has 0 atom stereocenters. The molecule has 0 saturated heterocycles. The third-order valence-electron chi connectivity index (χ3n) is 3.54. The van der Waals surface area contributed by atoms with Crippen LogP contribution in [0.1, 0.15) is 49.3 Å². The highest BCUT2D eigenvalue weighted by Crippen LogP contribution is 2.26. The van der Waals surface area contributed by atoms with Gasteiger partial charge in [0.15, 0.2) is 0 Å². The van der Waals surface area contributed by atoms with Gasteiger partial charge in [-0.25, -0.2) is 17.9 Å².